The topological polar surface area (TPSA) is 127 Å². The zero-order chi connectivity index (χ0) is 16.9. The smallest absolute Gasteiger partial charge is 0.381 e. The predicted octanol–water partition coefficient (Wildman–Crippen LogP) is 1.25. The number of nitro groups is 1. The largest absolute Gasteiger partial charge is 0.481 e. The van der Waals surface area contributed by atoms with Crippen LogP contribution in [0.5, 0.6) is 0 Å². The van der Waals surface area contributed by atoms with Crippen LogP contribution in [0.25, 0.3) is 0 Å². The van der Waals surface area contributed by atoms with Gasteiger partial charge in [0.05, 0.1) is 12.0 Å². The molecule has 0 aliphatic carbocycles. The molecule has 1 rings (SSSR count). The fourth-order valence-electron chi connectivity index (χ4n) is 2.24. The summed E-state index contributed by atoms with van der Waals surface area (Å²) in [6, 6.07) is 0. The maximum Gasteiger partial charge on any atom is 0.381 e. The van der Waals surface area contributed by atoms with E-state index in [2.05, 4.69) is 10.3 Å². The minimum Gasteiger partial charge on any atom is -0.481 e. The number of aryl methyl sites for hydroxylation is 1. The molecule has 1 amide bonds. The number of aromatic nitrogens is 2. The van der Waals surface area contributed by atoms with Crippen molar-refractivity contribution in [1.29, 1.82) is 0 Å². The number of nitrogens with one attached hydrogen (secondary N) is 1. The molecule has 0 unspecified atom stereocenters. The number of hydrogen-bond donors (Lipinski definition) is 2. The Hall–Kier alpha value is -2.45. The minimum atomic E-state index is -0.988. The zero-order valence-corrected chi connectivity index (χ0v) is 12.8. The standard InChI is InChI=1S/C13H20N4O5/c1-4-13(5-2,6-12(19)20)15-11(18)8-16-7-10(17(21)22)14-9(16)3/h7H,4-6,8H2,1-3H3,(H,15,18)(H,19,20). The minimum absolute atomic E-state index is 0.145. The van der Waals surface area contributed by atoms with Crippen LogP contribution in [0.2, 0.25) is 0 Å². The van der Waals surface area contributed by atoms with Crippen LogP contribution in [-0.4, -0.2) is 37.0 Å². The molecule has 9 nitrogen and oxygen atoms in total. The van der Waals surface area contributed by atoms with Crippen LogP contribution < -0.4 is 5.32 Å². The Morgan fingerprint density at radius 3 is 2.45 bits per heavy atom. The Morgan fingerprint density at radius 2 is 2.05 bits per heavy atom. The molecule has 0 aromatic carbocycles. The van der Waals surface area contributed by atoms with E-state index in [9.17, 15) is 19.7 Å². The van der Waals surface area contributed by atoms with E-state index in [0.717, 1.165) is 0 Å². The number of carboxylic acids is 1. The number of amides is 1. The first-order valence-electron chi connectivity index (χ1n) is 6.94. The quantitative estimate of drug-likeness (QED) is 0.549. The van der Waals surface area contributed by atoms with Gasteiger partial charge in [0.2, 0.25) is 11.7 Å². The van der Waals surface area contributed by atoms with Gasteiger partial charge in [-0.05, 0) is 22.7 Å². The number of aliphatic carboxylic acids is 1. The average Bonchev–Trinajstić information content (AvgIpc) is 2.79. The first-order chi connectivity index (χ1) is 10.2. The van der Waals surface area contributed by atoms with E-state index in [0.29, 0.717) is 18.7 Å². The van der Waals surface area contributed by atoms with Crippen molar-refractivity contribution in [1.82, 2.24) is 14.9 Å². The van der Waals surface area contributed by atoms with Gasteiger partial charge < -0.3 is 20.5 Å². The molecule has 1 heterocycles. The molecule has 0 atom stereocenters. The lowest BCUT2D eigenvalue weighted by Gasteiger charge is -2.31. The molecule has 1 aromatic heterocycles. The third-order valence-corrected chi connectivity index (χ3v) is 3.71. The normalized spacial score (nSPS) is 11.2. The van der Waals surface area contributed by atoms with Crippen molar-refractivity contribution < 1.29 is 19.6 Å². The van der Waals surface area contributed by atoms with Gasteiger partial charge in [0, 0.05) is 6.92 Å². The maximum absolute atomic E-state index is 12.1. The summed E-state index contributed by atoms with van der Waals surface area (Å²) < 4.78 is 1.37. The van der Waals surface area contributed by atoms with Crippen molar-refractivity contribution in [2.24, 2.45) is 0 Å². The lowest BCUT2D eigenvalue weighted by molar-refractivity contribution is -0.389. The summed E-state index contributed by atoms with van der Waals surface area (Å²) in [7, 11) is 0. The number of hydrogen-bond acceptors (Lipinski definition) is 5. The second kappa shape index (κ2) is 7.01. The van der Waals surface area contributed by atoms with Crippen LogP contribution >= 0.6 is 0 Å². The number of nitrogens with zero attached hydrogens (tertiary/aromatic N) is 3. The average molecular weight is 312 g/mol. The summed E-state index contributed by atoms with van der Waals surface area (Å²) in [5.41, 5.74) is -0.816. The van der Waals surface area contributed by atoms with E-state index in [-0.39, 0.29) is 18.8 Å². The first kappa shape index (κ1) is 17.6. The van der Waals surface area contributed by atoms with Crippen molar-refractivity contribution in [3.63, 3.8) is 0 Å². The zero-order valence-electron chi connectivity index (χ0n) is 12.8. The van der Waals surface area contributed by atoms with Crippen LogP contribution in [0.15, 0.2) is 6.20 Å². The summed E-state index contributed by atoms with van der Waals surface area (Å²) in [4.78, 5) is 36.9. The molecular weight excluding hydrogens is 292 g/mol. The van der Waals surface area contributed by atoms with Gasteiger partial charge in [-0.2, -0.15) is 0 Å². The summed E-state index contributed by atoms with van der Waals surface area (Å²) in [6.07, 6.45) is 1.97. The van der Waals surface area contributed by atoms with Crippen LogP contribution in [-0.2, 0) is 16.1 Å². The van der Waals surface area contributed by atoms with E-state index in [1.54, 1.807) is 20.8 Å². The molecule has 9 heteroatoms. The molecule has 122 valence electrons. The molecule has 0 radical (unpaired) electrons. The van der Waals surface area contributed by atoms with Crippen molar-refractivity contribution >= 4 is 17.7 Å². The Morgan fingerprint density at radius 1 is 1.45 bits per heavy atom. The fraction of sp³-hybridized carbons (Fsp3) is 0.615. The van der Waals surface area contributed by atoms with E-state index in [1.807, 2.05) is 0 Å². The molecule has 0 saturated heterocycles. The van der Waals surface area contributed by atoms with Gasteiger partial charge >= 0.3 is 11.8 Å². The fourth-order valence-corrected chi connectivity index (χ4v) is 2.24. The Balaban J connectivity index is 2.84. The highest BCUT2D eigenvalue weighted by Gasteiger charge is 2.31. The number of rotatable bonds is 8. The molecule has 0 spiro atoms. The van der Waals surface area contributed by atoms with E-state index < -0.39 is 22.3 Å². The molecular formula is C13H20N4O5. The van der Waals surface area contributed by atoms with Gasteiger partial charge in [-0.25, -0.2) is 0 Å². The van der Waals surface area contributed by atoms with Crippen molar-refractivity contribution in [2.45, 2.75) is 52.1 Å². The summed E-state index contributed by atoms with van der Waals surface area (Å²) in [6.45, 7) is 5.03. The molecule has 1 aromatic rings. The first-order valence-corrected chi connectivity index (χ1v) is 6.94. The van der Waals surface area contributed by atoms with Gasteiger partial charge in [-0.3, -0.25) is 14.2 Å². The molecule has 22 heavy (non-hydrogen) atoms. The summed E-state index contributed by atoms with van der Waals surface area (Å²) in [5.74, 6) is -1.37. The van der Waals surface area contributed by atoms with Crippen molar-refractivity contribution in [2.75, 3.05) is 0 Å². The van der Waals surface area contributed by atoms with Crippen LogP contribution in [0.3, 0.4) is 0 Å². The number of carbonyl (C=O) groups excluding carboxylic acids is 1. The molecule has 0 aliphatic rings. The lowest BCUT2D eigenvalue weighted by atomic mass is 9.89. The number of carboxylic acid groups (broad SMARTS) is 1. The maximum atomic E-state index is 12.1. The highest BCUT2D eigenvalue weighted by molar-refractivity contribution is 5.78. The second-order valence-electron chi connectivity index (χ2n) is 5.14. The Bertz CT molecular complexity index is 577. The third kappa shape index (κ3) is 4.27. The highest BCUT2D eigenvalue weighted by Crippen LogP contribution is 2.20. The highest BCUT2D eigenvalue weighted by atomic mass is 16.6. The van der Waals surface area contributed by atoms with Gasteiger partial charge in [0.1, 0.15) is 12.7 Å². The molecule has 0 saturated carbocycles. The van der Waals surface area contributed by atoms with E-state index in [4.69, 9.17) is 5.11 Å². The summed E-state index contributed by atoms with van der Waals surface area (Å²) in [5, 5.41) is 22.4. The second-order valence-corrected chi connectivity index (χ2v) is 5.14. The van der Waals surface area contributed by atoms with E-state index in [1.165, 1.54) is 10.8 Å². The predicted molar refractivity (Wildman–Crippen MR) is 77.3 cm³/mol. The Kier molecular flexibility index (Phi) is 5.61. The van der Waals surface area contributed by atoms with Crippen LogP contribution in [0.4, 0.5) is 5.82 Å². The SMILES string of the molecule is CCC(CC)(CC(=O)O)NC(=O)Cn1cc([N+](=O)[O-])nc1C. The molecule has 0 fully saturated rings. The molecule has 0 aliphatic heterocycles. The van der Waals surface area contributed by atoms with Gasteiger partial charge in [0.15, 0.2) is 0 Å². The van der Waals surface area contributed by atoms with Crippen LogP contribution in [0.1, 0.15) is 38.9 Å². The number of imidazole rings is 1. The monoisotopic (exact) mass is 312 g/mol. The number of carbonyl (C=O) groups is 2. The third-order valence-electron chi connectivity index (χ3n) is 3.71. The van der Waals surface area contributed by atoms with Gasteiger partial charge in [-0.15, -0.1) is 0 Å². The van der Waals surface area contributed by atoms with Crippen molar-refractivity contribution in [3.8, 4) is 0 Å². The molecule has 2 N–H and O–H groups in total. The van der Waals surface area contributed by atoms with E-state index >= 15 is 0 Å². The summed E-state index contributed by atoms with van der Waals surface area (Å²) >= 11 is 0. The van der Waals surface area contributed by atoms with Crippen LogP contribution in [0, 0.1) is 17.0 Å². The Labute approximate surface area is 127 Å². The van der Waals surface area contributed by atoms with Gasteiger partial charge in [0.25, 0.3) is 0 Å². The van der Waals surface area contributed by atoms with Crippen molar-refractivity contribution in [3.05, 3.63) is 22.1 Å². The van der Waals surface area contributed by atoms with Gasteiger partial charge in [-0.1, -0.05) is 13.8 Å². The molecule has 0 bridgehead atoms. The lowest BCUT2D eigenvalue weighted by Crippen LogP contribution is -2.50.